The third kappa shape index (κ3) is 2.13. The molecule has 0 amide bonds. The number of anilines is 1. The third-order valence-corrected chi connectivity index (χ3v) is 2.68. The SMILES string of the molecule is Nc1c(O)cccc1Oc1cnc2ccccc2n1. The molecule has 3 rings (SSSR count). The Morgan fingerprint density at radius 3 is 2.63 bits per heavy atom. The summed E-state index contributed by atoms with van der Waals surface area (Å²) in [6, 6.07) is 12.3. The van der Waals surface area contributed by atoms with Gasteiger partial charge in [0.1, 0.15) is 11.4 Å². The van der Waals surface area contributed by atoms with E-state index >= 15 is 0 Å². The lowest BCUT2D eigenvalue weighted by molar-refractivity contribution is 0.450. The van der Waals surface area contributed by atoms with E-state index in [0.717, 1.165) is 11.0 Å². The first-order chi connectivity index (χ1) is 9.24. The minimum atomic E-state index is -0.0220. The van der Waals surface area contributed by atoms with Crippen molar-refractivity contribution in [2.24, 2.45) is 0 Å². The van der Waals surface area contributed by atoms with Gasteiger partial charge in [-0.3, -0.25) is 0 Å². The molecule has 1 heterocycles. The van der Waals surface area contributed by atoms with Crippen molar-refractivity contribution in [2.75, 3.05) is 5.73 Å². The van der Waals surface area contributed by atoms with E-state index in [4.69, 9.17) is 10.5 Å². The number of rotatable bonds is 2. The van der Waals surface area contributed by atoms with Gasteiger partial charge in [0.25, 0.3) is 0 Å². The van der Waals surface area contributed by atoms with Crippen molar-refractivity contribution in [2.45, 2.75) is 0 Å². The lowest BCUT2D eigenvalue weighted by Gasteiger charge is -2.08. The molecule has 0 saturated carbocycles. The number of aromatic hydroxyl groups is 1. The van der Waals surface area contributed by atoms with Crippen LogP contribution in [-0.2, 0) is 0 Å². The van der Waals surface area contributed by atoms with Gasteiger partial charge in [-0.15, -0.1) is 0 Å². The highest BCUT2D eigenvalue weighted by atomic mass is 16.5. The number of nitrogen functional groups attached to an aromatic ring is 1. The van der Waals surface area contributed by atoms with Gasteiger partial charge < -0.3 is 15.6 Å². The molecule has 0 radical (unpaired) electrons. The number of phenols is 1. The summed E-state index contributed by atoms with van der Waals surface area (Å²) in [7, 11) is 0. The molecule has 3 N–H and O–H groups in total. The Morgan fingerprint density at radius 1 is 1.00 bits per heavy atom. The molecule has 2 aromatic carbocycles. The van der Waals surface area contributed by atoms with E-state index in [1.807, 2.05) is 24.3 Å². The van der Waals surface area contributed by atoms with E-state index in [-0.39, 0.29) is 11.4 Å². The third-order valence-electron chi connectivity index (χ3n) is 2.68. The summed E-state index contributed by atoms with van der Waals surface area (Å²) in [5, 5.41) is 9.51. The van der Waals surface area contributed by atoms with Crippen LogP contribution in [0.3, 0.4) is 0 Å². The molecule has 0 spiro atoms. The van der Waals surface area contributed by atoms with Crippen molar-refractivity contribution in [3.8, 4) is 17.4 Å². The Kier molecular flexibility index (Phi) is 2.64. The fourth-order valence-electron chi connectivity index (χ4n) is 1.72. The molecular formula is C14H11N3O2. The van der Waals surface area contributed by atoms with E-state index in [2.05, 4.69) is 9.97 Å². The van der Waals surface area contributed by atoms with Crippen LogP contribution in [0, 0.1) is 0 Å². The molecule has 1 aromatic heterocycles. The standard InChI is InChI=1S/C14H11N3O2/c15-14-11(18)6-3-7-12(14)19-13-8-16-9-4-1-2-5-10(9)17-13/h1-8,18H,15H2. The van der Waals surface area contributed by atoms with E-state index in [9.17, 15) is 5.11 Å². The highest BCUT2D eigenvalue weighted by Gasteiger charge is 2.07. The van der Waals surface area contributed by atoms with Crippen molar-refractivity contribution >= 4 is 16.7 Å². The van der Waals surface area contributed by atoms with Crippen molar-refractivity contribution in [1.29, 1.82) is 0 Å². The number of ether oxygens (including phenoxy) is 1. The van der Waals surface area contributed by atoms with Crippen LogP contribution < -0.4 is 10.5 Å². The summed E-state index contributed by atoms with van der Waals surface area (Å²) in [5.41, 5.74) is 7.42. The number of hydrogen-bond donors (Lipinski definition) is 2. The molecule has 0 fully saturated rings. The number of aromatic nitrogens is 2. The fourth-order valence-corrected chi connectivity index (χ4v) is 1.72. The van der Waals surface area contributed by atoms with Gasteiger partial charge in [-0.05, 0) is 24.3 Å². The van der Waals surface area contributed by atoms with Crippen LogP contribution in [0.2, 0.25) is 0 Å². The van der Waals surface area contributed by atoms with Crippen LogP contribution in [0.1, 0.15) is 0 Å². The van der Waals surface area contributed by atoms with Crippen LogP contribution in [-0.4, -0.2) is 15.1 Å². The van der Waals surface area contributed by atoms with Gasteiger partial charge in [0, 0.05) is 0 Å². The van der Waals surface area contributed by atoms with Gasteiger partial charge >= 0.3 is 0 Å². The van der Waals surface area contributed by atoms with E-state index in [0.29, 0.717) is 11.6 Å². The number of nitrogens with two attached hydrogens (primary N) is 1. The molecule has 0 bridgehead atoms. The Bertz CT molecular complexity index is 744. The van der Waals surface area contributed by atoms with Gasteiger partial charge in [-0.2, -0.15) is 0 Å². The van der Waals surface area contributed by atoms with Gasteiger partial charge in [-0.1, -0.05) is 18.2 Å². The summed E-state index contributed by atoms with van der Waals surface area (Å²) in [4.78, 5) is 8.56. The van der Waals surface area contributed by atoms with E-state index in [1.165, 1.54) is 12.3 Å². The first-order valence-corrected chi connectivity index (χ1v) is 5.71. The summed E-state index contributed by atoms with van der Waals surface area (Å²) < 4.78 is 5.54. The largest absolute Gasteiger partial charge is 0.506 e. The number of para-hydroxylation sites is 3. The maximum absolute atomic E-state index is 9.51. The molecular weight excluding hydrogens is 242 g/mol. The molecule has 5 nitrogen and oxygen atoms in total. The van der Waals surface area contributed by atoms with Crippen molar-refractivity contribution in [1.82, 2.24) is 9.97 Å². The monoisotopic (exact) mass is 253 g/mol. The summed E-state index contributed by atoms with van der Waals surface area (Å²) in [6.45, 7) is 0. The van der Waals surface area contributed by atoms with Crippen LogP contribution in [0.4, 0.5) is 5.69 Å². The molecule has 0 aliphatic rings. The van der Waals surface area contributed by atoms with Gasteiger partial charge in [0.15, 0.2) is 5.75 Å². The fraction of sp³-hybridized carbons (Fsp3) is 0. The zero-order valence-corrected chi connectivity index (χ0v) is 9.95. The Balaban J connectivity index is 1.99. The molecule has 0 atom stereocenters. The minimum Gasteiger partial charge on any atom is -0.506 e. The Hall–Kier alpha value is -2.82. The first-order valence-electron chi connectivity index (χ1n) is 5.71. The second-order valence-corrected chi connectivity index (χ2v) is 3.99. The molecule has 0 unspecified atom stereocenters. The lowest BCUT2D eigenvalue weighted by Crippen LogP contribution is -1.95. The van der Waals surface area contributed by atoms with Crippen LogP contribution in [0.15, 0.2) is 48.7 Å². The number of fused-ring (bicyclic) bond motifs is 1. The quantitative estimate of drug-likeness (QED) is 0.542. The van der Waals surface area contributed by atoms with Crippen molar-refractivity contribution in [3.05, 3.63) is 48.7 Å². The van der Waals surface area contributed by atoms with Crippen LogP contribution in [0.5, 0.6) is 17.4 Å². The maximum Gasteiger partial charge on any atom is 0.238 e. The highest BCUT2D eigenvalue weighted by Crippen LogP contribution is 2.32. The normalized spacial score (nSPS) is 10.5. The van der Waals surface area contributed by atoms with Crippen molar-refractivity contribution < 1.29 is 9.84 Å². The smallest absolute Gasteiger partial charge is 0.238 e. The highest BCUT2D eigenvalue weighted by molar-refractivity contribution is 5.74. The second-order valence-electron chi connectivity index (χ2n) is 3.99. The topological polar surface area (TPSA) is 81.3 Å². The van der Waals surface area contributed by atoms with Crippen molar-refractivity contribution in [3.63, 3.8) is 0 Å². The Morgan fingerprint density at radius 2 is 1.79 bits per heavy atom. The molecule has 5 heteroatoms. The Labute approximate surface area is 109 Å². The molecule has 0 aliphatic carbocycles. The average molecular weight is 253 g/mol. The summed E-state index contributed by atoms with van der Waals surface area (Å²) in [5.74, 6) is 0.659. The average Bonchev–Trinajstić information content (AvgIpc) is 2.44. The van der Waals surface area contributed by atoms with Gasteiger partial charge in [0.05, 0.1) is 17.2 Å². The predicted molar refractivity (Wildman–Crippen MR) is 72.1 cm³/mol. The number of nitrogens with zero attached hydrogens (tertiary/aromatic N) is 2. The van der Waals surface area contributed by atoms with Crippen LogP contribution in [0.25, 0.3) is 11.0 Å². The molecule has 94 valence electrons. The first kappa shape index (κ1) is 11.3. The number of phenolic OH excluding ortho intramolecular Hbond substituents is 1. The lowest BCUT2D eigenvalue weighted by atomic mass is 10.3. The zero-order chi connectivity index (χ0) is 13.2. The number of benzene rings is 2. The molecule has 3 aromatic rings. The predicted octanol–water partition coefficient (Wildman–Crippen LogP) is 2.71. The van der Waals surface area contributed by atoms with Crippen LogP contribution >= 0.6 is 0 Å². The molecule has 0 saturated heterocycles. The summed E-state index contributed by atoms with van der Waals surface area (Å²) >= 11 is 0. The van der Waals surface area contributed by atoms with E-state index in [1.54, 1.807) is 12.1 Å². The van der Waals surface area contributed by atoms with Gasteiger partial charge in [0.2, 0.25) is 5.88 Å². The zero-order valence-electron chi connectivity index (χ0n) is 9.95. The molecule has 0 aliphatic heterocycles. The van der Waals surface area contributed by atoms with E-state index < -0.39 is 0 Å². The number of hydrogen-bond acceptors (Lipinski definition) is 5. The maximum atomic E-state index is 9.51. The second kappa shape index (κ2) is 4.45. The minimum absolute atomic E-state index is 0.0220. The summed E-state index contributed by atoms with van der Waals surface area (Å²) in [6.07, 6.45) is 1.52. The molecule has 19 heavy (non-hydrogen) atoms. The van der Waals surface area contributed by atoms with Gasteiger partial charge in [-0.25, -0.2) is 9.97 Å².